The second-order valence-corrected chi connectivity index (χ2v) is 5.15. The molecule has 4 heteroatoms. The summed E-state index contributed by atoms with van der Waals surface area (Å²) in [6.07, 6.45) is 3.19. The number of nitriles is 1. The summed E-state index contributed by atoms with van der Waals surface area (Å²) in [6, 6.07) is 20.6. The average molecular weight is 314 g/mol. The van der Waals surface area contributed by atoms with Crippen molar-refractivity contribution in [1.82, 2.24) is 4.98 Å². The van der Waals surface area contributed by atoms with Gasteiger partial charge in [-0.05, 0) is 29.3 Å². The number of hydrogen-bond donors (Lipinski definition) is 0. The Balaban J connectivity index is 1.83. The van der Waals surface area contributed by atoms with Gasteiger partial charge in [0.05, 0.1) is 5.52 Å². The van der Waals surface area contributed by atoms with E-state index < -0.39 is 5.97 Å². The molecule has 0 saturated heterocycles. The van der Waals surface area contributed by atoms with E-state index in [0.717, 1.165) is 22.0 Å². The van der Waals surface area contributed by atoms with Gasteiger partial charge in [-0.25, -0.2) is 4.79 Å². The molecule has 3 rings (SSSR count). The van der Waals surface area contributed by atoms with Gasteiger partial charge in [-0.15, -0.1) is 0 Å². The van der Waals surface area contributed by atoms with E-state index in [4.69, 9.17) is 4.74 Å². The second kappa shape index (κ2) is 7.21. The van der Waals surface area contributed by atoms with Gasteiger partial charge in [-0.2, -0.15) is 5.26 Å². The van der Waals surface area contributed by atoms with Crippen molar-refractivity contribution < 1.29 is 9.53 Å². The van der Waals surface area contributed by atoms with Gasteiger partial charge in [0, 0.05) is 11.6 Å². The summed E-state index contributed by atoms with van der Waals surface area (Å²) in [5.41, 5.74) is 2.40. The standard InChI is InChI=1S/C20H14N2O2/c21-13-17(20(23)24-14-15-6-2-1-3-7-15)12-16-10-11-22-19-9-5-4-8-18(16)19/h1-12H,14H2/b17-12+. The van der Waals surface area contributed by atoms with Crippen molar-refractivity contribution in [1.29, 1.82) is 5.26 Å². The molecule has 1 aromatic heterocycles. The highest BCUT2D eigenvalue weighted by Gasteiger charge is 2.12. The maximum absolute atomic E-state index is 12.2. The minimum atomic E-state index is -0.637. The Kier molecular flexibility index (Phi) is 4.64. The number of nitrogens with zero attached hydrogens (tertiary/aromatic N) is 2. The average Bonchev–Trinajstić information content (AvgIpc) is 2.65. The third-order valence-electron chi connectivity index (χ3n) is 3.54. The quantitative estimate of drug-likeness (QED) is 0.416. The Labute approximate surface area is 139 Å². The van der Waals surface area contributed by atoms with E-state index in [0.29, 0.717) is 0 Å². The number of carbonyl (C=O) groups excluding carboxylic acids is 1. The number of para-hydroxylation sites is 1. The molecule has 2 aromatic carbocycles. The minimum Gasteiger partial charge on any atom is -0.457 e. The maximum Gasteiger partial charge on any atom is 0.349 e. The largest absolute Gasteiger partial charge is 0.457 e. The molecular weight excluding hydrogens is 300 g/mol. The van der Waals surface area contributed by atoms with Crippen LogP contribution in [0.5, 0.6) is 0 Å². The molecule has 0 atom stereocenters. The zero-order valence-electron chi connectivity index (χ0n) is 12.8. The van der Waals surface area contributed by atoms with Gasteiger partial charge in [0.2, 0.25) is 0 Å². The van der Waals surface area contributed by atoms with Crippen LogP contribution in [0, 0.1) is 11.3 Å². The van der Waals surface area contributed by atoms with Gasteiger partial charge in [0.15, 0.2) is 0 Å². The fraction of sp³-hybridized carbons (Fsp3) is 0.0500. The summed E-state index contributed by atoms with van der Waals surface area (Å²) in [5.74, 6) is -0.637. The molecule has 0 fully saturated rings. The Bertz CT molecular complexity index is 935. The molecule has 1 heterocycles. The topological polar surface area (TPSA) is 63.0 Å². The molecule has 3 aromatic rings. The fourth-order valence-corrected chi connectivity index (χ4v) is 2.34. The molecule has 116 valence electrons. The number of esters is 1. The lowest BCUT2D eigenvalue weighted by Crippen LogP contribution is -2.06. The highest BCUT2D eigenvalue weighted by molar-refractivity contribution is 6.00. The first-order chi connectivity index (χ1) is 11.8. The number of benzene rings is 2. The van der Waals surface area contributed by atoms with Gasteiger partial charge < -0.3 is 4.74 Å². The molecule has 0 aliphatic rings. The first-order valence-electron chi connectivity index (χ1n) is 7.44. The summed E-state index contributed by atoms with van der Waals surface area (Å²) < 4.78 is 5.22. The lowest BCUT2D eigenvalue weighted by molar-refractivity contribution is -0.139. The monoisotopic (exact) mass is 314 g/mol. The van der Waals surface area contributed by atoms with Crippen molar-refractivity contribution in [3.05, 3.63) is 83.6 Å². The third kappa shape index (κ3) is 3.47. The lowest BCUT2D eigenvalue weighted by atomic mass is 10.1. The zero-order valence-corrected chi connectivity index (χ0v) is 12.8. The summed E-state index contributed by atoms with van der Waals surface area (Å²) in [6.45, 7) is 0.135. The van der Waals surface area contributed by atoms with Crippen molar-refractivity contribution in [2.45, 2.75) is 6.61 Å². The summed E-state index contributed by atoms with van der Waals surface area (Å²) in [7, 11) is 0. The smallest absolute Gasteiger partial charge is 0.349 e. The summed E-state index contributed by atoms with van der Waals surface area (Å²) in [5, 5.41) is 10.2. The third-order valence-corrected chi connectivity index (χ3v) is 3.54. The van der Waals surface area contributed by atoms with E-state index in [1.165, 1.54) is 6.08 Å². The normalized spacial score (nSPS) is 11.0. The van der Waals surface area contributed by atoms with E-state index >= 15 is 0 Å². The van der Waals surface area contributed by atoms with Crippen LogP contribution in [0.2, 0.25) is 0 Å². The Morgan fingerprint density at radius 2 is 1.83 bits per heavy atom. The van der Waals surface area contributed by atoms with Crippen molar-refractivity contribution in [2.24, 2.45) is 0 Å². The number of aromatic nitrogens is 1. The van der Waals surface area contributed by atoms with Crippen LogP contribution in [-0.2, 0) is 16.1 Å². The van der Waals surface area contributed by atoms with Crippen molar-refractivity contribution in [2.75, 3.05) is 0 Å². The molecule has 0 amide bonds. The van der Waals surface area contributed by atoms with Gasteiger partial charge in [0.1, 0.15) is 18.2 Å². The molecule has 0 radical (unpaired) electrons. The first-order valence-corrected chi connectivity index (χ1v) is 7.44. The number of fused-ring (bicyclic) bond motifs is 1. The summed E-state index contributed by atoms with van der Waals surface area (Å²) in [4.78, 5) is 16.4. The Morgan fingerprint density at radius 1 is 1.08 bits per heavy atom. The molecule has 24 heavy (non-hydrogen) atoms. The van der Waals surface area contributed by atoms with E-state index in [1.807, 2.05) is 60.7 Å². The second-order valence-electron chi connectivity index (χ2n) is 5.15. The number of hydrogen-bond acceptors (Lipinski definition) is 4. The van der Waals surface area contributed by atoms with Crippen molar-refractivity contribution in [3.8, 4) is 6.07 Å². The molecule has 0 aliphatic carbocycles. The van der Waals surface area contributed by atoms with Crippen LogP contribution < -0.4 is 0 Å². The lowest BCUT2D eigenvalue weighted by Gasteiger charge is -2.05. The van der Waals surface area contributed by atoms with Crippen LogP contribution in [-0.4, -0.2) is 11.0 Å². The van der Waals surface area contributed by atoms with E-state index in [-0.39, 0.29) is 12.2 Å². The molecule has 0 bridgehead atoms. The number of carbonyl (C=O) groups is 1. The fourth-order valence-electron chi connectivity index (χ4n) is 2.34. The van der Waals surface area contributed by atoms with E-state index in [9.17, 15) is 10.1 Å². The predicted molar refractivity (Wildman–Crippen MR) is 91.6 cm³/mol. The SMILES string of the molecule is N#C/C(=C\c1ccnc2ccccc12)C(=O)OCc1ccccc1. The number of pyridine rings is 1. The molecule has 0 saturated carbocycles. The maximum atomic E-state index is 12.2. The van der Waals surface area contributed by atoms with Crippen LogP contribution in [0.15, 0.2) is 72.4 Å². The molecule has 0 spiro atoms. The molecule has 0 aliphatic heterocycles. The molecule has 0 N–H and O–H groups in total. The molecule has 0 unspecified atom stereocenters. The van der Waals surface area contributed by atoms with Crippen LogP contribution in [0.3, 0.4) is 0 Å². The van der Waals surface area contributed by atoms with Crippen LogP contribution in [0.25, 0.3) is 17.0 Å². The Morgan fingerprint density at radius 3 is 2.62 bits per heavy atom. The van der Waals surface area contributed by atoms with Crippen molar-refractivity contribution in [3.63, 3.8) is 0 Å². The molecule has 4 nitrogen and oxygen atoms in total. The number of ether oxygens (including phenoxy) is 1. The van der Waals surface area contributed by atoms with Gasteiger partial charge in [0.25, 0.3) is 0 Å². The number of rotatable bonds is 4. The van der Waals surface area contributed by atoms with E-state index in [2.05, 4.69) is 4.98 Å². The highest BCUT2D eigenvalue weighted by Crippen LogP contribution is 2.19. The van der Waals surface area contributed by atoms with Gasteiger partial charge >= 0.3 is 5.97 Å². The van der Waals surface area contributed by atoms with Gasteiger partial charge in [-0.1, -0.05) is 48.5 Å². The highest BCUT2D eigenvalue weighted by atomic mass is 16.5. The predicted octanol–water partition coefficient (Wildman–Crippen LogP) is 3.89. The molecular formula is C20H14N2O2. The zero-order chi connectivity index (χ0) is 16.8. The van der Waals surface area contributed by atoms with Crippen molar-refractivity contribution >= 4 is 22.9 Å². The Hall–Kier alpha value is -3.45. The minimum absolute atomic E-state index is 0.0396. The van der Waals surface area contributed by atoms with Crippen LogP contribution in [0.1, 0.15) is 11.1 Å². The first kappa shape index (κ1) is 15.4. The van der Waals surface area contributed by atoms with Crippen LogP contribution >= 0.6 is 0 Å². The summed E-state index contributed by atoms with van der Waals surface area (Å²) >= 11 is 0. The van der Waals surface area contributed by atoms with Gasteiger partial charge in [-0.3, -0.25) is 4.98 Å². The van der Waals surface area contributed by atoms with E-state index in [1.54, 1.807) is 12.3 Å². The van der Waals surface area contributed by atoms with Crippen LogP contribution in [0.4, 0.5) is 0 Å².